The Bertz CT molecular complexity index is 5430. The maximum atomic E-state index is 2.67. The highest BCUT2D eigenvalue weighted by molar-refractivity contribution is 6.41. The minimum absolute atomic E-state index is 1.16. The SMILES string of the molecule is c1ccc(-n2c3ccccc3c3ccc4c(c5cccc6c7c(-c8ccc9ccccc9c8)c8c(c(-c9ccc%10ccccc%10c9)c7n4c65)c4cccc5c6c7c(ccc6n8c45)c4ccccc4n7-c4ccccc4)c32)cc1. The molecule has 358 valence electrons. The Morgan fingerprint density at radius 3 is 1.03 bits per heavy atom. The van der Waals surface area contributed by atoms with Crippen molar-refractivity contribution in [3.05, 3.63) is 255 Å². The van der Waals surface area contributed by atoms with Crippen molar-refractivity contribution in [3.63, 3.8) is 0 Å². The number of benzene rings is 13. The summed E-state index contributed by atoms with van der Waals surface area (Å²) in [6.45, 7) is 0. The number of aromatic nitrogens is 4. The third kappa shape index (κ3) is 5.01. The van der Waals surface area contributed by atoms with Gasteiger partial charge in [0.05, 0.1) is 55.2 Å². The van der Waals surface area contributed by atoms with Crippen molar-refractivity contribution in [1.82, 2.24) is 17.9 Å². The highest BCUT2D eigenvalue weighted by Crippen LogP contribution is 2.56. The molecule has 0 N–H and O–H groups in total. The van der Waals surface area contributed by atoms with Crippen LogP contribution in [0.25, 0.3) is 175 Å². The molecule has 0 atom stereocenters. The van der Waals surface area contributed by atoms with Gasteiger partial charge in [0.2, 0.25) is 0 Å². The Morgan fingerprint density at radius 2 is 0.577 bits per heavy atom. The monoisotopic (exact) mass is 986 g/mol. The van der Waals surface area contributed by atoms with E-state index in [4.69, 9.17) is 0 Å². The van der Waals surface area contributed by atoms with Crippen LogP contribution in [-0.4, -0.2) is 17.9 Å². The van der Waals surface area contributed by atoms with Crippen molar-refractivity contribution >= 4 is 141 Å². The van der Waals surface area contributed by atoms with Gasteiger partial charge < -0.3 is 17.9 Å². The molecule has 0 amide bonds. The number of hydrogen-bond acceptors (Lipinski definition) is 0. The van der Waals surface area contributed by atoms with Crippen LogP contribution < -0.4 is 0 Å². The molecule has 0 spiro atoms. The summed E-state index contributed by atoms with van der Waals surface area (Å²) in [6, 6.07) is 95.5. The van der Waals surface area contributed by atoms with E-state index in [1.54, 1.807) is 0 Å². The summed E-state index contributed by atoms with van der Waals surface area (Å²) in [4.78, 5) is 0. The molecule has 0 radical (unpaired) electrons. The summed E-state index contributed by atoms with van der Waals surface area (Å²) in [5.74, 6) is 0. The van der Waals surface area contributed by atoms with Crippen molar-refractivity contribution in [2.45, 2.75) is 0 Å². The molecule has 0 saturated heterocycles. The molecule has 4 heteroatoms. The van der Waals surface area contributed by atoms with Crippen LogP contribution in [0.1, 0.15) is 0 Å². The largest absolute Gasteiger partial charge is 0.309 e. The van der Waals surface area contributed by atoms with Crippen LogP contribution in [0.5, 0.6) is 0 Å². The lowest BCUT2D eigenvalue weighted by Crippen LogP contribution is -1.95. The molecule has 78 heavy (non-hydrogen) atoms. The fourth-order valence-corrected chi connectivity index (χ4v) is 14.7. The van der Waals surface area contributed by atoms with Gasteiger partial charge in [-0.05, 0) is 93.3 Å². The van der Waals surface area contributed by atoms with E-state index >= 15 is 0 Å². The zero-order valence-electron chi connectivity index (χ0n) is 42.0. The molecule has 0 unspecified atom stereocenters. The molecule has 4 nitrogen and oxygen atoms in total. The Hall–Kier alpha value is -10.4. The average Bonchev–Trinajstić information content (AvgIpc) is 2.86. The first kappa shape index (κ1) is 40.9. The van der Waals surface area contributed by atoms with Crippen LogP contribution >= 0.6 is 0 Å². The van der Waals surface area contributed by atoms with Crippen molar-refractivity contribution in [2.24, 2.45) is 0 Å². The fraction of sp³-hybridized carbons (Fsp3) is 0. The van der Waals surface area contributed by atoms with Crippen LogP contribution in [0.4, 0.5) is 0 Å². The molecule has 0 fully saturated rings. The molecule has 0 aliphatic carbocycles. The third-order valence-electron chi connectivity index (χ3n) is 17.7. The minimum Gasteiger partial charge on any atom is -0.309 e. The molecule has 19 aromatic rings. The standard InChI is InChI=1S/C74H42N4/c1-3-21-49(22-4-1)75-59-31-13-11-25-51(59)53-37-39-61-65(71(53)75)55-27-15-29-57-67-64(48-36-34-44-18-8-10-20-46(44)42-48)74-68(63(73(67)77(61)69(55)57)47-35-33-43-17-7-9-19-45(43)41-47)58-30-16-28-56-66-62(78(74)70(56)58)40-38-54-52-26-12-14-32-60(52)76(72(54)66)50-23-5-2-6-24-50/h1-42H. The van der Waals surface area contributed by atoms with Crippen LogP contribution in [0.3, 0.4) is 0 Å². The molecule has 0 aliphatic rings. The van der Waals surface area contributed by atoms with Gasteiger partial charge in [-0.1, -0.05) is 194 Å². The Kier molecular flexibility index (Phi) is 7.71. The zero-order chi connectivity index (χ0) is 50.5. The zero-order valence-corrected chi connectivity index (χ0v) is 42.0. The van der Waals surface area contributed by atoms with Crippen LogP contribution in [0.2, 0.25) is 0 Å². The van der Waals surface area contributed by atoms with Gasteiger partial charge >= 0.3 is 0 Å². The topological polar surface area (TPSA) is 18.7 Å². The smallest absolute Gasteiger partial charge is 0.0641 e. The Morgan fingerprint density at radius 1 is 0.205 bits per heavy atom. The summed E-state index contributed by atoms with van der Waals surface area (Å²) < 4.78 is 10.4. The lowest BCUT2D eigenvalue weighted by atomic mass is 9.88. The predicted octanol–water partition coefficient (Wildman–Crippen LogP) is 19.8. The van der Waals surface area contributed by atoms with E-state index in [1.807, 2.05) is 0 Å². The lowest BCUT2D eigenvalue weighted by molar-refractivity contribution is 1.19. The number of nitrogens with zero attached hydrogens (tertiary/aromatic N) is 4. The summed E-state index contributed by atoms with van der Waals surface area (Å²) in [6.07, 6.45) is 0. The van der Waals surface area contributed by atoms with Crippen molar-refractivity contribution in [3.8, 4) is 33.6 Å². The van der Waals surface area contributed by atoms with E-state index in [0.717, 1.165) is 11.4 Å². The first-order valence-electron chi connectivity index (χ1n) is 27.1. The lowest BCUT2D eigenvalue weighted by Gasteiger charge is -2.17. The molecular formula is C74H42N4. The van der Waals surface area contributed by atoms with Crippen LogP contribution in [0, 0.1) is 0 Å². The van der Waals surface area contributed by atoms with Gasteiger partial charge in [-0.25, -0.2) is 0 Å². The minimum atomic E-state index is 1.16. The van der Waals surface area contributed by atoms with E-state index in [-0.39, 0.29) is 0 Å². The second-order valence-electron chi connectivity index (χ2n) is 21.5. The van der Waals surface area contributed by atoms with Gasteiger partial charge in [0, 0.05) is 87.1 Å². The second-order valence-corrected chi connectivity index (χ2v) is 21.5. The quantitative estimate of drug-likeness (QED) is 0.167. The first-order valence-corrected chi connectivity index (χ1v) is 27.1. The number of para-hydroxylation sites is 6. The first-order chi connectivity index (χ1) is 38.8. The van der Waals surface area contributed by atoms with Crippen LogP contribution in [-0.2, 0) is 0 Å². The van der Waals surface area contributed by atoms with Crippen molar-refractivity contribution in [2.75, 3.05) is 0 Å². The van der Waals surface area contributed by atoms with E-state index < -0.39 is 0 Å². The molecule has 6 heterocycles. The summed E-state index contributed by atoms with van der Waals surface area (Å²) in [5.41, 5.74) is 19.4. The second kappa shape index (κ2) is 14.7. The maximum absolute atomic E-state index is 2.67. The molecule has 0 bridgehead atoms. The van der Waals surface area contributed by atoms with E-state index in [9.17, 15) is 0 Å². The van der Waals surface area contributed by atoms with Gasteiger partial charge in [0.1, 0.15) is 0 Å². The van der Waals surface area contributed by atoms with E-state index in [0.29, 0.717) is 0 Å². The average molecular weight is 987 g/mol. The van der Waals surface area contributed by atoms with Crippen molar-refractivity contribution < 1.29 is 0 Å². The molecule has 19 rings (SSSR count). The Labute approximate surface area is 445 Å². The van der Waals surface area contributed by atoms with Crippen molar-refractivity contribution in [1.29, 1.82) is 0 Å². The summed E-state index contributed by atoms with van der Waals surface area (Å²) >= 11 is 0. The molecule has 0 aliphatic heterocycles. The third-order valence-corrected chi connectivity index (χ3v) is 17.7. The molecule has 0 saturated carbocycles. The van der Waals surface area contributed by atoms with Gasteiger partial charge in [-0.2, -0.15) is 0 Å². The number of hydrogen-bond donors (Lipinski definition) is 0. The summed E-state index contributed by atoms with van der Waals surface area (Å²) in [5, 5.41) is 20.0. The number of rotatable bonds is 4. The van der Waals surface area contributed by atoms with E-state index in [2.05, 4.69) is 273 Å². The van der Waals surface area contributed by atoms with Gasteiger partial charge in [0.25, 0.3) is 0 Å². The molecule has 6 aromatic heterocycles. The highest BCUT2D eigenvalue weighted by atomic mass is 15.0. The molecule has 13 aromatic carbocycles. The fourth-order valence-electron chi connectivity index (χ4n) is 14.7. The van der Waals surface area contributed by atoms with Crippen LogP contribution in [0.15, 0.2) is 255 Å². The van der Waals surface area contributed by atoms with Gasteiger partial charge in [0.15, 0.2) is 0 Å². The molecular weight excluding hydrogens is 945 g/mol. The van der Waals surface area contributed by atoms with Gasteiger partial charge in [-0.3, -0.25) is 0 Å². The number of fused-ring (bicyclic) bond motifs is 22. The Balaban J connectivity index is 1.09. The summed E-state index contributed by atoms with van der Waals surface area (Å²) in [7, 11) is 0. The van der Waals surface area contributed by atoms with E-state index in [1.165, 1.54) is 164 Å². The maximum Gasteiger partial charge on any atom is 0.0641 e. The predicted molar refractivity (Wildman–Crippen MR) is 330 cm³/mol. The highest BCUT2D eigenvalue weighted by Gasteiger charge is 2.32. The van der Waals surface area contributed by atoms with Gasteiger partial charge in [-0.15, -0.1) is 0 Å². The normalized spacial score (nSPS) is 12.6.